The number of rotatable bonds is 5. The molecule has 2 unspecified atom stereocenters. The third-order valence-corrected chi connectivity index (χ3v) is 6.11. The number of piperidine rings is 1. The van der Waals surface area contributed by atoms with Crippen LogP contribution in [0.2, 0.25) is 0 Å². The molecule has 0 aromatic carbocycles. The van der Waals surface area contributed by atoms with Crippen molar-refractivity contribution in [3.05, 3.63) is 17.4 Å². The molecule has 28 heavy (non-hydrogen) atoms. The zero-order valence-electron chi connectivity index (χ0n) is 15.9. The van der Waals surface area contributed by atoms with Gasteiger partial charge in [0.1, 0.15) is 0 Å². The van der Waals surface area contributed by atoms with Crippen LogP contribution < -0.4 is 20.3 Å². The van der Waals surface area contributed by atoms with Crippen molar-refractivity contribution in [2.24, 2.45) is 5.41 Å². The third kappa shape index (κ3) is 3.40. The zero-order chi connectivity index (χ0) is 19.9. The summed E-state index contributed by atoms with van der Waals surface area (Å²) in [5, 5.41) is 5.88. The fourth-order valence-corrected chi connectivity index (χ4v) is 4.38. The van der Waals surface area contributed by atoms with Gasteiger partial charge in [-0.15, -0.1) is 0 Å². The SMILES string of the molecule is COc1nc(N2CCCC3(C2)CC3(F)F)c(F)cc1CNC(=O)C1CCCN1. The van der Waals surface area contributed by atoms with Crippen LogP contribution in [-0.2, 0) is 11.3 Å². The lowest BCUT2D eigenvalue weighted by molar-refractivity contribution is -0.122. The Balaban J connectivity index is 1.48. The van der Waals surface area contributed by atoms with E-state index in [1.807, 2.05) is 0 Å². The fourth-order valence-electron chi connectivity index (χ4n) is 4.38. The molecular weight excluding hydrogens is 373 g/mol. The first kappa shape index (κ1) is 19.3. The van der Waals surface area contributed by atoms with Crippen LogP contribution in [0.5, 0.6) is 5.88 Å². The maximum Gasteiger partial charge on any atom is 0.256 e. The summed E-state index contributed by atoms with van der Waals surface area (Å²) < 4.78 is 47.6. The van der Waals surface area contributed by atoms with Crippen LogP contribution in [0.4, 0.5) is 19.0 Å². The maximum absolute atomic E-state index is 14.8. The number of alkyl halides is 2. The van der Waals surface area contributed by atoms with Crippen LogP contribution in [0.1, 0.15) is 37.7 Å². The number of amides is 1. The van der Waals surface area contributed by atoms with Gasteiger partial charge in [0, 0.05) is 31.6 Å². The molecule has 9 heteroatoms. The Morgan fingerprint density at radius 2 is 2.25 bits per heavy atom. The number of carbonyl (C=O) groups excluding carboxylic acids is 1. The quantitative estimate of drug-likeness (QED) is 0.796. The van der Waals surface area contributed by atoms with Crippen LogP contribution in [-0.4, -0.2) is 49.6 Å². The van der Waals surface area contributed by atoms with Crippen molar-refractivity contribution in [3.8, 4) is 5.88 Å². The zero-order valence-corrected chi connectivity index (χ0v) is 15.9. The van der Waals surface area contributed by atoms with Crippen LogP contribution >= 0.6 is 0 Å². The minimum absolute atomic E-state index is 0.0335. The number of nitrogens with zero attached hydrogens (tertiary/aromatic N) is 2. The molecule has 3 heterocycles. The molecule has 2 saturated heterocycles. The number of hydrogen-bond acceptors (Lipinski definition) is 5. The predicted molar refractivity (Wildman–Crippen MR) is 97.1 cm³/mol. The number of nitrogens with one attached hydrogen (secondary N) is 2. The molecule has 154 valence electrons. The second-order valence-electron chi connectivity index (χ2n) is 8.02. The van der Waals surface area contributed by atoms with E-state index in [0.29, 0.717) is 24.9 Å². The summed E-state index contributed by atoms with van der Waals surface area (Å²) in [6, 6.07) is 1.04. The number of anilines is 1. The Kier molecular flexibility index (Phi) is 4.89. The van der Waals surface area contributed by atoms with Gasteiger partial charge in [-0.25, -0.2) is 13.2 Å². The van der Waals surface area contributed by atoms with Crippen LogP contribution in [0.15, 0.2) is 6.07 Å². The first-order valence-corrected chi connectivity index (χ1v) is 9.72. The Labute approximate surface area is 161 Å². The molecule has 4 rings (SSSR count). The molecule has 3 fully saturated rings. The van der Waals surface area contributed by atoms with Crippen LogP contribution in [0.25, 0.3) is 0 Å². The minimum Gasteiger partial charge on any atom is -0.481 e. The Bertz CT molecular complexity index is 770. The normalized spacial score (nSPS) is 28.4. The van der Waals surface area contributed by atoms with Gasteiger partial charge in [-0.1, -0.05) is 0 Å². The van der Waals surface area contributed by atoms with Gasteiger partial charge in [0.15, 0.2) is 11.6 Å². The number of carbonyl (C=O) groups is 1. The topological polar surface area (TPSA) is 66.5 Å². The standard InChI is InChI=1S/C19H25F3N4O2/c1-28-17-12(9-24-16(27)14-4-2-6-23-14)8-13(20)15(25-17)26-7-3-5-18(11-26)10-19(18,21)22/h8,14,23H,2-7,9-11H2,1H3,(H,24,27). The van der Waals surface area contributed by atoms with Crippen LogP contribution in [0, 0.1) is 11.2 Å². The molecule has 2 aliphatic heterocycles. The monoisotopic (exact) mass is 398 g/mol. The van der Waals surface area contributed by atoms with E-state index in [0.717, 1.165) is 19.4 Å². The van der Waals surface area contributed by atoms with Crippen molar-refractivity contribution < 1.29 is 22.7 Å². The minimum atomic E-state index is -2.68. The maximum atomic E-state index is 14.8. The molecule has 6 nitrogen and oxygen atoms in total. The second-order valence-corrected chi connectivity index (χ2v) is 8.02. The smallest absolute Gasteiger partial charge is 0.256 e. The summed E-state index contributed by atoms with van der Waals surface area (Å²) in [6.07, 6.45) is 2.60. The molecule has 0 radical (unpaired) electrons. The van der Waals surface area contributed by atoms with E-state index in [2.05, 4.69) is 15.6 Å². The van der Waals surface area contributed by atoms with E-state index in [9.17, 15) is 18.0 Å². The first-order chi connectivity index (χ1) is 13.4. The van der Waals surface area contributed by atoms with Crippen molar-refractivity contribution in [3.63, 3.8) is 0 Å². The van der Waals surface area contributed by atoms with Gasteiger partial charge >= 0.3 is 0 Å². The Hall–Kier alpha value is -2.03. The summed E-state index contributed by atoms with van der Waals surface area (Å²) in [5.74, 6) is -3.18. The van der Waals surface area contributed by atoms with E-state index in [1.165, 1.54) is 13.2 Å². The molecule has 1 saturated carbocycles. The van der Waals surface area contributed by atoms with E-state index in [-0.39, 0.29) is 43.2 Å². The average molecular weight is 398 g/mol. The lowest BCUT2D eigenvalue weighted by Crippen LogP contribution is -2.40. The number of hydrogen-bond donors (Lipinski definition) is 2. The third-order valence-electron chi connectivity index (χ3n) is 6.11. The highest BCUT2D eigenvalue weighted by atomic mass is 19.3. The van der Waals surface area contributed by atoms with E-state index in [4.69, 9.17) is 4.74 Å². The van der Waals surface area contributed by atoms with E-state index in [1.54, 1.807) is 4.90 Å². The Morgan fingerprint density at radius 1 is 1.46 bits per heavy atom. The predicted octanol–water partition coefficient (Wildman–Crippen LogP) is 2.22. The van der Waals surface area contributed by atoms with Crippen molar-refractivity contribution >= 4 is 11.7 Å². The van der Waals surface area contributed by atoms with Crippen molar-refractivity contribution in [2.75, 3.05) is 31.6 Å². The van der Waals surface area contributed by atoms with Gasteiger partial charge in [0.25, 0.3) is 5.92 Å². The molecule has 2 atom stereocenters. The first-order valence-electron chi connectivity index (χ1n) is 9.72. The fraction of sp³-hybridized carbons (Fsp3) is 0.684. The van der Waals surface area contributed by atoms with Crippen molar-refractivity contribution in [2.45, 2.75) is 50.6 Å². The summed E-state index contributed by atoms with van der Waals surface area (Å²) in [4.78, 5) is 18.0. The summed E-state index contributed by atoms with van der Waals surface area (Å²) in [7, 11) is 1.42. The molecular formula is C19H25F3N4O2. The molecule has 1 spiro atoms. The molecule has 1 aromatic heterocycles. The number of aromatic nitrogens is 1. The van der Waals surface area contributed by atoms with Gasteiger partial charge in [0.05, 0.1) is 18.6 Å². The second kappa shape index (κ2) is 7.09. The van der Waals surface area contributed by atoms with Gasteiger partial charge < -0.3 is 20.3 Å². The lowest BCUT2D eigenvalue weighted by Gasteiger charge is -2.34. The molecule has 1 aromatic rings. The summed E-state index contributed by atoms with van der Waals surface area (Å²) in [5.41, 5.74) is -0.633. The van der Waals surface area contributed by atoms with Gasteiger partial charge in [0.2, 0.25) is 11.8 Å². The molecule has 1 aliphatic carbocycles. The number of methoxy groups -OCH3 is 1. The van der Waals surface area contributed by atoms with E-state index >= 15 is 0 Å². The molecule has 2 N–H and O–H groups in total. The Morgan fingerprint density at radius 3 is 2.89 bits per heavy atom. The summed E-state index contributed by atoms with van der Waals surface area (Å²) in [6.45, 7) is 1.47. The largest absolute Gasteiger partial charge is 0.481 e. The molecule has 0 bridgehead atoms. The van der Waals surface area contributed by atoms with Gasteiger partial charge in [-0.3, -0.25) is 4.79 Å². The van der Waals surface area contributed by atoms with Crippen LogP contribution in [0.3, 0.4) is 0 Å². The average Bonchev–Trinajstić information content (AvgIpc) is 3.05. The number of halogens is 3. The van der Waals surface area contributed by atoms with Gasteiger partial charge in [-0.05, 0) is 38.3 Å². The highest BCUT2D eigenvalue weighted by Crippen LogP contribution is 2.64. The highest BCUT2D eigenvalue weighted by molar-refractivity contribution is 5.82. The van der Waals surface area contributed by atoms with Crippen molar-refractivity contribution in [1.82, 2.24) is 15.6 Å². The van der Waals surface area contributed by atoms with Gasteiger partial charge in [-0.2, -0.15) is 4.98 Å². The summed E-state index contributed by atoms with van der Waals surface area (Å²) >= 11 is 0. The lowest BCUT2D eigenvalue weighted by atomic mass is 9.94. The van der Waals surface area contributed by atoms with Crippen molar-refractivity contribution in [1.29, 1.82) is 0 Å². The number of pyridine rings is 1. The molecule has 3 aliphatic rings. The van der Waals surface area contributed by atoms with E-state index < -0.39 is 17.2 Å². The molecule has 1 amide bonds. The highest BCUT2D eigenvalue weighted by Gasteiger charge is 2.71. The number of ether oxygens (including phenoxy) is 1.